The van der Waals surface area contributed by atoms with Crippen LogP contribution in [-0.2, 0) is 6.54 Å². The zero-order valence-corrected chi connectivity index (χ0v) is 14.7. The molecule has 1 amide bonds. The summed E-state index contributed by atoms with van der Waals surface area (Å²) in [5.74, 6) is 1.54. The van der Waals surface area contributed by atoms with Crippen molar-refractivity contribution in [2.24, 2.45) is 0 Å². The van der Waals surface area contributed by atoms with Gasteiger partial charge in [-0.05, 0) is 31.7 Å². The van der Waals surface area contributed by atoms with Crippen LogP contribution in [0.15, 0.2) is 40.9 Å². The van der Waals surface area contributed by atoms with Crippen LogP contribution in [0, 0.1) is 0 Å². The van der Waals surface area contributed by atoms with Gasteiger partial charge in [0, 0.05) is 38.1 Å². The first-order chi connectivity index (χ1) is 12.2. The lowest BCUT2D eigenvalue weighted by Crippen LogP contribution is -2.42. The number of carbonyl (C=O) groups is 1. The van der Waals surface area contributed by atoms with Crippen LogP contribution >= 0.6 is 0 Å². The molecule has 0 radical (unpaired) electrons. The molecule has 132 valence electrons. The lowest BCUT2D eigenvalue weighted by atomic mass is 10.2. The molecule has 0 spiro atoms. The predicted molar refractivity (Wildman–Crippen MR) is 95.3 cm³/mol. The van der Waals surface area contributed by atoms with E-state index in [0.717, 1.165) is 51.3 Å². The van der Waals surface area contributed by atoms with Crippen LogP contribution in [0.4, 0.5) is 0 Å². The first kappa shape index (κ1) is 16.3. The molecular formula is C20H25N3O2. The van der Waals surface area contributed by atoms with E-state index in [1.807, 2.05) is 11.0 Å². The van der Waals surface area contributed by atoms with E-state index in [2.05, 4.69) is 41.1 Å². The molecule has 1 atom stereocenters. The summed E-state index contributed by atoms with van der Waals surface area (Å²) < 4.78 is 5.72. The number of aromatic nitrogens is 1. The van der Waals surface area contributed by atoms with Gasteiger partial charge in [-0.1, -0.05) is 30.3 Å². The van der Waals surface area contributed by atoms with Crippen molar-refractivity contribution in [1.29, 1.82) is 0 Å². The van der Waals surface area contributed by atoms with Crippen LogP contribution in [0.25, 0.3) is 0 Å². The van der Waals surface area contributed by atoms with Crippen LogP contribution in [-0.4, -0.2) is 46.4 Å². The minimum Gasteiger partial charge on any atom is -0.435 e. The maximum Gasteiger partial charge on any atom is 0.291 e. The highest BCUT2D eigenvalue weighted by molar-refractivity contribution is 5.91. The largest absolute Gasteiger partial charge is 0.435 e. The van der Waals surface area contributed by atoms with Crippen LogP contribution in [0.1, 0.15) is 54.1 Å². The Morgan fingerprint density at radius 1 is 1.24 bits per heavy atom. The second-order valence-corrected chi connectivity index (χ2v) is 7.26. The van der Waals surface area contributed by atoms with E-state index in [9.17, 15) is 4.79 Å². The van der Waals surface area contributed by atoms with E-state index in [1.165, 1.54) is 5.56 Å². The highest BCUT2D eigenvalue weighted by Gasteiger charge is 2.32. The molecule has 1 aromatic carbocycles. The Labute approximate surface area is 148 Å². The second kappa shape index (κ2) is 7.00. The molecule has 4 rings (SSSR count). The lowest BCUT2D eigenvalue weighted by Gasteiger charge is -2.28. The third kappa shape index (κ3) is 3.76. The summed E-state index contributed by atoms with van der Waals surface area (Å²) in [7, 11) is 0. The standard InChI is InChI=1S/C20H25N3O2/c1-15-13-22(14-16-6-3-2-4-7-16)10-5-11-23(15)20(24)18-12-21-19(25-18)17-8-9-17/h2-4,6-7,12,15,17H,5,8-11,13-14H2,1H3. The summed E-state index contributed by atoms with van der Waals surface area (Å²) in [5.41, 5.74) is 1.32. The molecule has 1 saturated heterocycles. The molecule has 1 aromatic heterocycles. The van der Waals surface area contributed by atoms with Gasteiger partial charge >= 0.3 is 0 Å². The smallest absolute Gasteiger partial charge is 0.291 e. The fraction of sp³-hybridized carbons (Fsp3) is 0.500. The molecule has 1 aliphatic heterocycles. The fourth-order valence-electron chi connectivity index (χ4n) is 3.58. The Kier molecular flexibility index (Phi) is 4.57. The minimum atomic E-state index is -0.0199. The number of hydrogen-bond acceptors (Lipinski definition) is 4. The molecule has 0 N–H and O–H groups in total. The molecule has 2 aliphatic rings. The van der Waals surface area contributed by atoms with Gasteiger partial charge in [0.1, 0.15) is 0 Å². The van der Waals surface area contributed by atoms with Crippen molar-refractivity contribution in [3.8, 4) is 0 Å². The number of amides is 1. The monoisotopic (exact) mass is 339 g/mol. The van der Waals surface area contributed by atoms with Gasteiger partial charge in [0.15, 0.2) is 5.89 Å². The van der Waals surface area contributed by atoms with Gasteiger partial charge in [-0.25, -0.2) is 4.98 Å². The molecule has 2 aromatic rings. The SMILES string of the molecule is CC1CN(Cc2ccccc2)CCCN1C(=O)c1cnc(C2CC2)o1. The Morgan fingerprint density at radius 3 is 2.80 bits per heavy atom. The quantitative estimate of drug-likeness (QED) is 0.858. The van der Waals surface area contributed by atoms with Gasteiger partial charge in [-0.2, -0.15) is 0 Å². The van der Waals surface area contributed by atoms with Crippen molar-refractivity contribution in [3.63, 3.8) is 0 Å². The van der Waals surface area contributed by atoms with Crippen LogP contribution in [0.5, 0.6) is 0 Å². The van der Waals surface area contributed by atoms with Gasteiger partial charge in [0.2, 0.25) is 5.76 Å². The van der Waals surface area contributed by atoms with Gasteiger partial charge in [0.05, 0.1) is 6.20 Å². The molecule has 25 heavy (non-hydrogen) atoms. The highest BCUT2D eigenvalue weighted by atomic mass is 16.4. The Balaban J connectivity index is 1.41. The summed E-state index contributed by atoms with van der Waals surface area (Å²) in [6.07, 6.45) is 4.84. The normalized spacial score (nSPS) is 22.0. The van der Waals surface area contributed by atoms with Crippen molar-refractivity contribution in [3.05, 3.63) is 53.7 Å². The third-order valence-electron chi connectivity index (χ3n) is 5.10. The Hall–Kier alpha value is -2.14. The molecule has 1 unspecified atom stereocenters. The minimum absolute atomic E-state index is 0.0199. The first-order valence-corrected chi connectivity index (χ1v) is 9.23. The number of carbonyl (C=O) groups excluding carboxylic acids is 1. The van der Waals surface area contributed by atoms with Crippen molar-refractivity contribution >= 4 is 5.91 Å². The molecule has 5 nitrogen and oxygen atoms in total. The summed E-state index contributed by atoms with van der Waals surface area (Å²) in [5, 5.41) is 0. The molecule has 5 heteroatoms. The number of nitrogens with zero attached hydrogens (tertiary/aromatic N) is 3. The van der Waals surface area contributed by atoms with E-state index in [4.69, 9.17) is 4.42 Å². The number of benzene rings is 1. The molecule has 2 fully saturated rings. The maximum atomic E-state index is 12.9. The van der Waals surface area contributed by atoms with E-state index < -0.39 is 0 Å². The van der Waals surface area contributed by atoms with Gasteiger partial charge in [-0.15, -0.1) is 0 Å². The van der Waals surface area contributed by atoms with Crippen LogP contribution in [0.3, 0.4) is 0 Å². The number of hydrogen-bond donors (Lipinski definition) is 0. The van der Waals surface area contributed by atoms with Crippen molar-refractivity contribution in [1.82, 2.24) is 14.8 Å². The maximum absolute atomic E-state index is 12.9. The van der Waals surface area contributed by atoms with Crippen molar-refractivity contribution < 1.29 is 9.21 Å². The Morgan fingerprint density at radius 2 is 2.04 bits per heavy atom. The average molecular weight is 339 g/mol. The summed E-state index contributed by atoms with van der Waals surface area (Å²) in [6, 6.07) is 10.7. The van der Waals surface area contributed by atoms with Gasteiger partial charge < -0.3 is 9.32 Å². The third-order valence-corrected chi connectivity index (χ3v) is 5.10. The number of rotatable bonds is 4. The van der Waals surface area contributed by atoms with E-state index in [-0.39, 0.29) is 11.9 Å². The van der Waals surface area contributed by atoms with E-state index in [0.29, 0.717) is 11.7 Å². The number of oxazole rings is 1. The predicted octanol–water partition coefficient (Wildman–Crippen LogP) is 3.29. The average Bonchev–Trinajstić information content (AvgIpc) is 3.38. The van der Waals surface area contributed by atoms with E-state index in [1.54, 1.807) is 6.20 Å². The van der Waals surface area contributed by atoms with Gasteiger partial charge in [-0.3, -0.25) is 9.69 Å². The summed E-state index contributed by atoms with van der Waals surface area (Å²) in [4.78, 5) is 21.5. The highest BCUT2D eigenvalue weighted by Crippen LogP contribution is 2.39. The summed E-state index contributed by atoms with van der Waals surface area (Å²) >= 11 is 0. The topological polar surface area (TPSA) is 49.6 Å². The van der Waals surface area contributed by atoms with Gasteiger partial charge in [0.25, 0.3) is 5.91 Å². The van der Waals surface area contributed by atoms with Crippen molar-refractivity contribution in [2.75, 3.05) is 19.6 Å². The molecule has 1 saturated carbocycles. The summed E-state index contributed by atoms with van der Waals surface area (Å²) in [6.45, 7) is 5.71. The fourth-order valence-corrected chi connectivity index (χ4v) is 3.58. The van der Waals surface area contributed by atoms with E-state index >= 15 is 0 Å². The molecular weight excluding hydrogens is 314 g/mol. The zero-order chi connectivity index (χ0) is 17.2. The first-order valence-electron chi connectivity index (χ1n) is 9.23. The second-order valence-electron chi connectivity index (χ2n) is 7.26. The Bertz CT molecular complexity index is 724. The van der Waals surface area contributed by atoms with Crippen LogP contribution in [0.2, 0.25) is 0 Å². The lowest BCUT2D eigenvalue weighted by molar-refractivity contribution is 0.0657. The van der Waals surface area contributed by atoms with Crippen LogP contribution < -0.4 is 0 Å². The molecule has 1 aliphatic carbocycles. The zero-order valence-electron chi connectivity index (χ0n) is 14.7. The van der Waals surface area contributed by atoms with Crippen molar-refractivity contribution in [2.45, 2.75) is 44.7 Å². The molecule has 0 bridgehead atoms. The molecule has 2 heterocycles.